The molecule has 0 fully saturated rings. The monoisotopic (exact) mass is 335 g/mol. The third-order valence-corrected chi connectivity index (χ3v) is 3.04. The van der Waals surface area contributed by atoms with Crippen molar-refractivity contribution in [1.82, 2.24) is 15.0 Å². The summed E-state index contributed by atoms with van der Waals surface area (Å²) in [6.07, 6.45) is 5.49. The summed E-state index contributed by atoms with van der Waals surface area (Å²) in [6, 6.07) is 8.52. The Morgan fingerprint density at radius 1 is 1.12 bits per heavy atom. The van der Waals surface area contributed by atoms with Gasteiger partial charge in [0.05, 0.1) is 18.0 Å². The molecule has 0 saturated carbocycles. The smallest absolute Gasteiger partial charge is 0.257 e. The molecule has 3 rings (SSSR count). The number of amides is 1. The summed E-state index contributed by atoms with van der Waals surface area (Å²) >= 11 is 0. The van der Waals surface area contributed by atoms with Crippen molar-refractivity contribution < 1.29 is 13.9 Å². The van der Waals surface area contributed by atoms with E-state index in [2.05, 4.69) is 20.3 Å². The molecule has 3 aromatic rings. The van der Waals surface area contributed by atoms with Crippen LogP contribution in [-0.4, -0.2) is 20.9 Å². The van der Waals surface area contributed by atoms with Gasteiger partial charge >= 0.3 is 0 Å². The minimum Gasteiger partial charge on any atom is -0.454 e. The Morgan fingerprint density at radius 2 is 1.92 bits per heavy atom. The number of carbonyl (C=O) groups excluding carboxylic acids is 1. The fraction of sp³-hybridized carbons (Fsp3) is 0. The first-order valence-electron chi connectivity index (χ1n) is 7.05. The minimum atomic E-state index is -0.632. The molecule has 2 heterocycles. The molecular formula is C17H10FN5O2. The molecule has 0 spiro atoms. The molecule has 1 N–H and O–H groups in total. The average Bonchev–Trinajstić information content (AvgIpc) is 2.62. The first-order chi connectivity index (χ1) is 12.1. The number of nitrogens with zero attached hydrogens (tertiary/aromatic N) is 4. The van der Waals surface area contributed by atoms with Crippen molar-refractivity contribution >= 4 is 11.7 Å². The van der Waals surface area contributed by atoms with E-state index in [9.17, 15) is 9.18 Å². The lowest BCUT2D eigenvalue weighted by Gasteiger charge is -2.08. The van der Waals surface area contributed by atoms with Gasteiger partial charge in [-0.15, -0.1) is 0 Å². The van der Waals surface area contributed by atoms with Crippen LogP contribution in [-0.2, 0) is 0 Å². The van der Waals surface area contributed by atoms with Gasteiger partial charge in [-0.2, -0.15) is 5.26 Å². The summed E-state index contributed by atoms with van der Waals surface area (Å²) in [7, 11) is 0. The molecule has 8 heteroatoms. The van der Waals surface area contributed by atoms with Gasteiger partial charge < -0.3 is 10.1 Å². The van der Waals surface area contributed by atoms with Crippen LogP contribution in [0.2, 0.25) is 0 Å². The highest BCUT2D eigenvalue weighted by Crippen LogP contribution is 2.23. The van der Waals surface area contributed by atoms with Gasteiger partial charge in [0.1, 0.15) is 29.8 Å². The van der Waals surface area contributed by atoms with Crippen LogP contribution >= 0.6 is 0 Å². The molecule has 1 aromatic carbocycles. The van der Waals surface area contributed by atoms with Crippen LogP contribution in [0.4, 0.5) is 10.2 Å². The summed E-state index contributed by atoms with van der Waals surface area (Å²) in [4.78, 5) is 23.8. The Balaban J connectivity index is 1.79. The van der Waals surface area contributed by atoms with E-state index in [-0.39, 0.29) is 17.1 Å². The molecule has 0 radical (unpaired) electrons. The highest BCUT2D eigenvalue weighted by Gasteiger charge is 2.11. The van der Waals surface area contributed by atoms with Crippen molar-refractivity contribution in [3.05, 3.63) is 72.2 Å². The molecule has 0 aliphatic rings. The summed E-state index contributed by atoms with van der Waals surface area (Å²) < 4.78 is 19.2. The maximum absolute atomic E-state index is 13.8. The molecule has 0 aliphatic carbocycles. The van der Waals surface area contributed by atoms with E-state index in [4.69, 9.17) is 10.00 Å². The lowest BCUT2D eigenvalue weighted by atomic mass is 10.2. The Bertz CT molecular complexity index is 940. The topological polar surface area (TPSA) is 101 Å². The van der Waals surface area contributed by atoms with E-state index < -0.39 is 11.7 Å². The molecule has 0 aliphatic heterocycles. The molecule has 0 bridgehead atoms. The maximum Gasteiger partial charge on any atom is 0.257 e. The number of nitrogens with one attached hydrogen (secondary N) is 1. The Kier molecular flexibility index (Phi) is 4.58. The van der Waals surface area contributed by atoms with Gasteiger partial charge in [-0.05, 0) is 24.3 Å². The molecule has 0 unspecified atom stereocenters. The largest absolute Gasteiger partial charge is 0.454 e. The number of nitriles is 1. The molecule has 1 amide bonds. The van der Waals surface area contributed by atoms with Crippen LogP contribution in [0.25, 0.3) is 0 Å². The predicted molar refractivity (Wildman–Crippen MR) is 85.4 cm³/mol. The number of rotatable bonds is 4. The van der Waals surface area contributed by atoms with Crippen molar-refractivity contribution in [2.45, 2.75) is 0 Å². The average molecular weight is 335 g/mol. The molecule has 2 aromatic heterocycles. The van der Waals surface area contributed by atoms with Gasteiger partial charge in [-0.25, -0.2) is 19.3 Å². The molecular weight excluding hydrogens is 325 g/mol. The molecule has 0 atom stereocenters. The van der Waals surface area contributed by atoms with Gasteiger partial charge in [0.25, 0.3) is 5.91 Å². The molecule has 0 saturated heterocycles. The SMILES string of the molecule is N#Cc1ccc(NC(=O)c2cc(F)cc(Oc3cncnc3)c2)nc1. The van der Waals surface area contributed by atoms with Gasteiger partial charge in [0.2, 0.25) is 0 Å². The lowest BCUT2D eigenvalue weighted by molar-refractivity contribution is 0.102. The van der Waals surface area contributed by atoms with E-state index >= 15 is 0 Å². The number of halogens is 1. The number of benzene rings is 1. The highest BCUT2D eigenvalue weighted by molar-refractivity contribution is 6.04. The number of aromatic nitrogens is 3. The summed E-state index contributed by atoms with van der Waals surface area (Å²) in [5, 5.41) is 11.3. The standard InChI is InChI=1S/C17H10FN5O2/c18-13-3-12(4-14(5-13)25-15-8-20-10-21-9-15)17(24)23-16-2-1-11(6-19)7-22-16/h1-5,7-10H,(H,22,23,24). The summed E-state index contributed by atoms with van der Waals surface area (Å²) in [5.41, 5.74) is 0.419. The Labute approximate surface area is 141 Å². The van der Waals surface area contributed by atoms with Crippen LogP contribution in [0.15, 0.2) is 55.2 Å². The maximum atomic E-state index is 13.8. The fourth-order valence-electron chi connectivity index (χ4n) is 1.95. The van der Waals surface area contributed by atoms with E-state index in [0.29, 0.717) is 11.3 Å². The van der Waals surface area contributed by atoms with E-state index in [0.717, 1.165) is 12.1 Å². The molecule has 7 nitrogen and oxygen atoms in total. The number of anilines is 1. The van der Waals surface area contributed by atoms with Crippen LogP contribution in [0.3, 0.4) is 0 Å². The number of carbonyl (C=O) groups is 1. The molecule has 25 heavy (non-hydrogen) atoms. The van der Waals surface area contributed by atoms with E-state index in [1.165, 1.54) is 43.1 Å². The van der Waals surface area contributed by atoms with Gasteiger partial charge in [-0.1, -0.05) is 0 Å². The van der Waals surface area contributed by atoms with Crippen molar-refractivity contribution in [2.24, 2.45) is 0 Å². The fourth-order valence-corrected chi connectivity index (χ4v) is 1.95. The second-order valence-electron chi connectivity index (χ2n) is 4.85. The second kappa shape index (κ2) is 7.14. The lowest BCUT2D eigenvalue weighted by Crippen LogP contribution is -2.13. The van der Waals surface area contributed by atoms with Gasteiger partial charge in [-0.3, -0.25) is 4.79 Å². The van der Waals surface area contributed by atoms with Crippen molar-refractivity contribution in [3.63, 3.8) is 0 Å². The van der Waals surface area contributed by atoms with Gasteiger partial charge in [0, 0.05) is 17.8 Å². The number of ether oxygens (including phenoxy) is 1. The second-order valence-corrected chi connectivity index (χ2v) is 4.85. The van der Waals surface area contributed by atoms with Crippen molar-refractivity contribution in [2.75, 3.05) is 5.32 Å². The third-order valence-electron chi connectivity index (χ3n) is 3.04. The number of hydrogen-bond donors (Lipinski definition) is 1. The number of hydrogen-bond acceptors (Lipinski definition) is 6. The zero-order chi connectivity index (χ0) is 17.6. The number of pyridine rings is 1. The third kappa shape index (κ3) is 4.11. The summed E-state index contributed by atoms with van der Waals surface area (Å²) in [5.74, 6) is -0.508. The van der Waals surface area contributed by atoms with Crippen LogP contribution < -0.4 is 10.1 Å². The molecule has 122 valence electrons. The first kappa shape index (κ1) is 16.0. The zero-order valence-corrected chi connectivity index (χ0v) is 12.7. The minimum absolute atomic E-state index is 0.0537. The van der Waals surface area contributed by atoms with Crippen molar-refractivity contribution in [3.8, 4) is 17.6 Å². The Hall–Kier alpha value is -3.86. The summed E-state index contributed by atoms with van der Waals surface area (Å²) in [6.45, 7) is 0. The van der Waals surface area contributed by atoms with Crippen LogP contribution in [0.1, 0.15) is 15.9 Å². The van der Waals surface area contributed by atoms with E-state index in [1.807, 2.05) is 6.07 Å². The van der Waals surface area contributed by atoms with Crippen LogP contribution in [0, 0.1) is 17.1 Å². The Morgan fingerprint density at radius 3 is 2.60 bits per heavy atom. The quantitative estimate of drug-likeness (QED) is 0.786. The highest BCUT2D eigenvalue weighted by atomic mass is 19.1. The van der Waals surface area contributed by atoms with Gasteiger partial charge in [0.15, 0.2) is 5.75 Å². The van der Waals surface area contributed by atoms with Crippen LogP contribution in [0.5, 0.6) is 11.5 Å². The normalized spacial score (nSPS) is 9.92. The predicted octanol–water partition coefficient (Wildman–Crippen LogP) is 2.93. The van der Waals surface area contributed by atoms with E-state index in [1.54, 1.807) is 0 Å². The first-order valence-corrected chi connectivity index (χ1v) is 7.05. The zero-order valence-electron chi connectivity index (χ0n) is 12.7. The van der Waals surface area contributed by atoms with Crippen molar-refractivity contribution in [1.29, 1.82) is 5.26 Å².